The topological polar surface area (TPSA) is 65.5 Å². The second-order valence-corrected chi connectivity index (χ2v) is 7.66. The Bertz CT molecular complexity index is 1310. The summed E-state index contributed by atoms with van der Waals surface area (Å²) in [5.41, 5.74) is 1.85. The molecular formula is C24H18FNO4S. The number of rotatable bonds is 6. The van der Waals surface area contributed by atoms with E-state index >= 15 is 0 Å². The van der Waals surface area contributed by atoms with Crippen LogP contribution in [0.1, 0.15) is 27.7 Å². The highest BCUT2D eigenvalue weighted by Crippen LogP contribution is 2.34. The number of hydrogen-bond donors (Lipinski definition) is 0. The minimum absolute atomic E-state index is 0.191. The van der Waals surface area contributed by atoms with Gasteiger partial charge in [-0.25, -0.2) is 14.0 Å². The van der Waals surface area contributed by atoms with Crippen molar-refractivity contribution in [1.29, 1.82) is 0 Å². The molecule has 0 spiro atoms. The van der Waals surface area contributed by atoms with E-state index in [9.17, 15) is 14.0 Å². The molecule has 0 aliphatic carbocycles. The van der Waals surface area contributed by atoms with Gasteiger partial charge in [-0.1, -0.05) is 30.3 Å². The molecule has 2 heterocycles. The molecule has 4 aromatic rings. The molecule has 0 saturated carbocycles. The van der Waals surface area contributed by atoms with E-state index in [-0.39, 0.29) is 23.5 Å². The van der Waals surface area contributed by atoms with Gasteiger partial charge in [-0.2, -0.15) is 0 Å². The standard InChI is InChI=1S/C24H18FNO4S/c1-2-29-24(28)23-17(21-18(25)9-4-10-19(21)31-23)14-30-20(27)12-11-16-7-3-6-15-8-5-13-26-22(15)16/h3-13H,2,14H2,1H3/b12-11+. The number of ether oxygens (including phenoxy) is 2. The molecule has 0 fully saturated rings. The first-order valence-corrected chi connectivity index (χ1v) is 10.5. The number of pyridine rings is 1. The van der Waals surface area contributed by atoms with Crippen molar-refractivity contribution in [1.82, 2.24) is 4.98 Å². The normalized spacial score (nSPS) is 11.3. The minimum Gasteiger partial charge on any atom is -0.462 e. The van der Waals surface area contributed by atoms with E-state index < -0.39 is 17.8 Å². The van der Waals surface area contributed by atoms with Crippen LogP contribution in [-0.4, -0.2) is 23.5 Å². The summed E-state index contributed by atoms with van der Waals surface area (Å²) in [5, 5.41) is 1.22. The number of para-hydroxylation sites is 1. The molecule has 0 aliphatic rings. The van der Waals surface area contributed by atoms with Crippen LogP contribution < -0.4 is 0 Å². The van der Waals surface area contributed by atoms with Crippen molar-refractivity contribution in [3.8, 4) is 0 Å². The van der Waals surface area contributed by atoms with Gasteiger partial charge in [0, 0.05) is 38.9 Å². The minimum atomic E-state index is -0.613. The van der Waals surface area contributed by atoms with Crippen LogP contribution in [0.15, 0.2) is 60.8 Å². The van der Waals surface area contributed by atoms with E-state index in [2.05, 4.69) is 4.98 Å². The summed E-state index contributed by atoms with van der Waals surface area (Å²) in [6.45, 7) is 1.64. The summed E-state index contributed by atoms with van der Waals surface area (Å²) >= 11 is 1.12. The second-order valence-electron chi connectivity index (χ2n) is 6.61. The molecule has 0 atom stereocenters. The average molecular weight is 435 g/mol. The van der Waals surface area contributed by atoms with Gasteiger partial charge in [0.2, 0.25) is 0 Å². The van der Waals surface area contributed by atoms with Crippen LogP contribution in [0.4, 0.5) is 4.39 Å². The number of hydrogen-bond acceptors (Lipinski definition) is 6. The molecule has 0 saturated heterocycles. The zero-order chi connectivity index (χ0) is 21.8. The fourth-order valence-corrected chi connectivity index (χ4v) is 4.39. The van der Waals surface area contributed by atoms with Crippen molar-refractivity contribution in [3.63, 3.8) is 0 Å². The Kier molecular flexibility index (Phi) is 6.04. The van der Waals surface area contributed by atoms with E-state index in [0.29, 0.717) is 10.3 Å². The van der Waals surface area contributed by atoms with E-state index in [0.717, 1.165) is 27.8 Å². The Hall–Kier alpha value is -3.58. The Balaban J connectivity index is 1.57. The molecule has 0 aliphatic heterocycles. The maximum Gasteiger partial charge on any atom is 0.348 e. The van der Waals surface area contributed by atoms with E-state index in [1.165, 1.54) is 12.1 Å². The van der Waals surface area contributed by atoms with Crippen molar-refractivity contribution in [2.75, 3.05) is 6.61 Å². The van der Waals surface area contributed by atoms with Crippen LogP contribution in [-0.2, 0) is 20.9 Å². The monoisotopic (exact) mass is 435 g/mol. The molecule has 0 radical (unpaired) electrons. The van der Waals surface area contributed by atoms with Crippen molar-refractivity contribution >= 4 is 50.3 Å². The van der Waals surface area contributed by atoms with Crippen molar-refractivity contribution in [3.05, 3.63) is 82.6 Å². The predicted octanol–water partition coefficient (Wildman–Crippen LogP) is 5.52. The summed E-state index contributed by atoms with van der Waals surface area (Å²) in [6.07, 6.45) is 4.60. The third-order valence-corrected chi connectivity index (χ3v) is 5.82. The van der Waals surface area contributed by atoms with Gasteiger partial charge in [0.25, 0.3) is 0 Å². The molecule has 0 bridgehead atoms. The molecule has 4 rings (SSSR count). The van der Waals surface area contributed by atoms with E-state index in [1.54, 1.807) is 31.3 Å². The van der Waals surface area contributed by atoms with Gasteiger partial charge < -0.3 is 9.47 Å². The fourth-order valence-electron chi connectivity index (χ4n) is 3.28. The average Bonchev–Trinajstić information content (AvgIpc) is 3.16. The Morgan fingerprint density at radius 3 is 2.74 bits per heavy atom. The highest BCUT2D eigenvalue weighted by molar-refractivity contribution is 7.21. The zero-order valence-electron chi connectivity index (χ0n) is 16.6. The molecule has 2 aromatic carbocycles. The molecular weight excluding hydrogens is 417 g/mol. The Labute approximate surface area is 181 Å². The first-order chi connectivity index (χ1) is 15.1. The molecule has 0 amide bonds. The van der Waals surface area contributed by atoms with Crippen molar-refractivity contribution in [2.24, 2.45) is 0 Å². The van der Waals surface area contributed by atoms with Gasteiger partial charge in [0.1, 0.15) is 17.3 Å². The molecule has 7 heteroatoms. The lowest BCUT2D eigenvalue weighted by Gasteiger charge is -2.06. The van der Waals surface area contributed by atoms with Gasteiger partial charge in [-0.05, 0) is 31.2 Å². The number of aromatic nitrogens is 1. The van der Waals surface area contributed by atoms with E-state index in [1.807, 2.05) is 30.3 Å². The zero-order valence-corrected chi connectivity index (χ0v) is 17.4. The van der Waals surface area contributed by atoms with Crippen molar-refractivity contribution in [2.45, 2.75) is 13.5 Å². The number of nitrogens with zero attached hydrogens (tertiary/aromatic N) is 1. The van der Waals surface area contributed by atoms with Crippen LogP contribution in [0, 0.1) is 5.82 Å². The molecule has 5 nitrogen and oxygen atoms in total. The molecule has 2 aromatic heterocycles. The summed E-state index contributed by atoms with van der Waals surface area (Å²) in [4.78, 5) is 29.2. The molecule has 156 valence electrons. The fraction of sp³-hybridized carbons (Fsp3) is 0.125. The maximum absolute atomic E-state index is 14.4. The third-order valence-electron chi connectivity index (χ3n) is 4.65. The number of carbonyl (C=O) groups is 2. The lowest BCUT2D eigenvalue weighted by Crippen LogP contribution is -2.08. The predicted molar refractivity (Wildman–Crippen MR) is 118 cm³/mol. The number of thiophene rings is 1. The quantitative estimate of drug-likeness (QED) is 0.295. The summed E-state index contributed by atoms with van der Waals surface area (Å²) in [6, 6.07) is 14.0. The molecule has 0 N–H and O–H groups in total. The van der Waals surface area contributed by atoms with Crippen LogP contribution >= 0.6 is 11.3 Å². The van der Waals surface area contributed by atoms with Crippen LogP contribution in [0.2, 0.25) is 0 Å². The number of esters is 2. The molecule has 31 heavy (non-hydrogen) atoms. The van der Waals surface area contributed by atoms with Crippen molar-refractivity contribution < 1.29 is 23.5 Å². The number of halogens is 1. The van der Waals surface area contributed by atoms with Gasteiger partial charge in [0.15, 0.2) is 0 Å². The van der Waals surface area contributed by atoms with Gasteiger partial charge >= 0.3 is 11.9 Å². The summed E-state index contributed by atoms with van der Waals surface area (Å²) < 4.78 is 25.5. The Morgan fingerprint density at radius 2 is 1.90 bits per heavy atom. The largest absolute Gasteiger partial charge is 0.462 e. The SMILES string of the molecule is CCOC(=O)c1sc2cccc(F)c2c1COC(=O)/C=C/c1cccc2cccnc12. The number of carbonyl (C=O) groups excluding carboxylic acids is 2. The lowest BCUT2D eigenvalue weighted by atomic mass is 10.1. The van der Waals surface area contributed by atoms with Gasteiger partial charge in [-0.3, -0.25) is 4.98 Å². The van der Waals surface area contributed by atoms with Gasteiger partial charge in [0.05, 0.1) is 12.1 Å². The third kappa shape index (κ3) is 4.32. The first-order valence-electron chi connectivity index (χ1n) is 9.64. The number of benzene rings is 2. The van der Waals surface area contributed by atoms with E-state index in [4.69, 9.17) is 9.47 Å². The highest BCUT2D eigenvalue weighted by Gasteiger charge is 2.22. The second kappa shape index (κ2) is 9.06. The summed E-state index contributed by atoms with van der Waals surface area (Å²) in [7, 11) is 0. The van der Waals surface area contributed by atoms with Crippen LogP contribution in [0.5, 0.6) is 0 Å². The first kappa shape index (κ1) is 20.7. The lowest BCUT2D eigenvalue weighted by molar-refractivity contribution is -0.138. The highest BCUT2D eigenvalue weighted by atomic mass is 32.1. The van der Waals surface area contributed by atoms with Gasteiger partial charge in [-0.15, -0.1) is 11.3 Å². The number of fused-ring (bicyclic) bond motifs is 2. The Morgan fingerprint density at radius 1 is 1.10 bits per heavy atom. The smallest absolute Gasteiger partial charge is 0.348 e. The van der Waals surface area contributed by atoms with Crippen LogP contribution in [0.3, 0.4) is 0 Å². The maximum atomic E-state index is 14.4. The summed E-state index contributed by atoms with van der Waals surface area (Å²) in [5.74, 6) is -1.65. The van der Waals surface area contributed by atoms with Crippen LogP contribution in [0.25, 0.3) is 27.1 Å². The molecule has 0 unspecified atom stereocenters.